The van der Waals surface area contributed by atoms with Crippen molar-refractivity contribution in [2.45, 2.75) is 39.8 Å². The summed E-state index contributed by atoms with van der Waals surface area (Å²) < 4.78 is 2.17. The van der Waals surface area contributed by atoms with Crippen molar-refractivity contribution in [1.82, 2.24) is 24.6 Å². The second kappa shape index (κ2) is 4.82. The van der Waals surface area contributed by atoms with Crippen LogP contribution in [-0.4, -0.2) is 44.4 Å². The van der Waals surface area contributed by atoms with Crippen LogP contribution >= 0.6 is 0 Å². The molecule has 5 heteroatoms. The second-order valence-electron chi connectivity index (χ2n) is 6.45. The molecule has 3 heterocycles. The molecule has 0 amide bonds. The third-order valence-corrected chi connectivity index (χ3v) is 3.90. The van der Waals surface area contributed by atoms with Crippen LogP contribution < -0.4 is 5.32 Å². The molecule has 2 aromatic rings. The smallest absolute Gasteiger partial charge is 0.234 e. The van der Waals surface area contributed by atoms with Crippen LogP contribution in [0.3, 0.4) is 0 Å². The molecule has 20 heavy (non-hydrogen) atoms. The molecule has 1 N–H and O–H groups in total. The predicted octanol–water partition coefficient (Wildman–Crippen LogP) is 1.53. The molecule has 0 aromatic carbocycles. The molecule has 0 atom stereocenters. The Morgan fingerprint density at radius 2 is 2.15 bits per heavy atom. The topological polar surface area (TPSA) is 45.5 Å². The standard InChI is InChI=1S/C15H23N5/c1-11-7-12(2)20-13(8-16-14(20)18-11)9-19-6-5-17-15(3,4)10-19/h7-8,17H,5-6,9-10H2,1-4H3. The fourth-order valence-electron chi connectivity index (χ4n) is 3.12. The highest BCUT2D eigenvalue weighted by Crippen LogP contribution is 2.16. The summed E-state index contributed by atoms with van der Waals surface area (Å²) in [4.78, 5) is 11.4. The van der Waals surface area contributed by atoms with Crippen LogP contribution in [0.1, 0.15) is 30.9 Å². The van der Waals surface area contributed by atoms with E-state index in [2.05, 4.69) is 51.4 Å². The van der Waals surface area contributed by atoms with Gasteiger partial charge in [-0.25, -0.2) is 9.97 Å². The summed E-state index contributed by atoms with van der Waals surface area (Å²) >= 11 is 0. The number of hydrogen-bond acceptors (Lipinski definition) is 4. The summed E-state index contributed by atoms with van der Waals surface area (Å²) in [5.41, 5.74) is 3.63. The lowest BCUT2D eigenvalue weighted by atomic mass is 10.0. The van der Waals surface area contributed by atoms with E-state index < -0.39 is 0 Å². The van der Waals surface area contributed by atoms with Gasteiger partial charge in [-0.1, -0.05) is 0 Å². The monoisotopic (exact) mass is 273 g/mol. The Morgan fingerprint density at radius 1 is 1.35 bits per heavy atom. The summed E-state index contributed by atoms with van der Waals surface area (Å²) in [7, 11) is 0. The van der Waals surface area contributed by atoms with Gasteiger partial charge in [0.2, 0.25) is 5.78 Å². The van der Waals surface area contributed by atoms with E-state index in [9.17, 15) is 0 Å². The number of piperazine rings is 1. The Labute approximate surface area is 120 Å². The first-order chi connectivity index (χ1) is 9.44. The van der Waals surface area contributed by atoms with Gasteiger partial charge < -0.3 is 5.32 Å². The third-order valence-electron chi connectivity index (χ3n) is 3.90. The zero-order valence-corrected chi connectivity index (χ0v) is 12.8. The number of aromatic nitrogens is 3. The van der Waals surface area contributed by atoms with Gasteiger partial charge >= 0.3 is 0 Å². The minimum atomic E-state index is 0.183. The van der Waals surface area contributed by atoms with Crippen LogP contribution in [0.25, 0.3) is 5.78 Å². The van der Waals surface area contributed by atoms with E-state index in [0.717, 1.165) is 37.7 Å². The highest BCUT2D eigenvalue weighted by molar-refractivity contribution is 5.35. The van der Waals surface area contributed by atoms with E-state index in [1.54, 1.807) is 0 Å². The Balaban J connectivity index is 1.88. The highest BCUT2D eigenvalue weighted by atomic mass is 15.2. The molecule has 0 aliphatic carbocycles. The van der Waals surface area contributed by atoms with E-state index in [1.165, 1.54) is 11.4 Å². The van der Waals surface area contributed by atoms with Gasteiger partial charge in [-0.05, 0) is 33.8 Å². The van der Waals surface area contributed by atoms with Crippen molar-refractivity contribution in [3.8, 4) is 0 Å². The highest BCUT2D eigenvalue weighted by Gasteiger charge is 2.26. The molecule has 3 rings (SSSR count). The Hall–Kier alpha value is -1.46. The van der Waals surface area contributed by atoms with Gasteiger partial charge in [-0.2, -0.15) is 0 Å². The van der Waals surface area contributed by atoms with E-state index in [-0.39, 0.29) is 5.54 Å². The number of rotatable bonds is 2. The molecule has 108 valence electrons. The van der Waals surface area contributed by atoms with Crippen LogP contribution in [0.5, 0.6) is 0 Å². The maximum absolute atomic E-state index is 4.50. The van der Waals surface area contributed by atoms with Crippen LogP contribution in [0.4, 0.5) is 0 Å². The van der Waals surface area contributed by atoms with Crippen LogP contribution in [-0.2, 0) is 6.54 Å². The Bertz CT molecular complexity index is 628. The fourth-order valence-corrected chi connectivity index (χ4v) is 3.12. The number of imidazole rings is 1. The molecule has 0 saturated carbocycles. The predicted molar refractivity (Wildman–Crippen MR) is 79.8 cm³/mol. The lowest BCUT2D eigenvalue weighted by Crippen LogP contribution is -2.56. The first kappa shape index (κ1) is 13.5. The lowest BCUT2D eigenvalue weighted by Gasteiger charge is -2.39. The molecule has 1 fully saturated rings. The first-order valence-electron chi connectivity index (χ1n) is 7.23. The number of fused-ring (bicyclic) bond motifs is 1. The fraction of sp³-hybridized carbons (Fsp3) is 0.600. The van der Waals surface area contributed by atoms with E-state index >= 15 is 0 Å². The van der Waals surface area contributed by atoms with Gasteiger partial charge in [-0.15, -0.1) is 0 Å². The van der Waals surface area contributed by atoms with Gasteiger partial charge in [0.15, 0.2) is 0 Å². The van der Waals surface area contributed by atoms with E-state index in [0.29, 0.717) is 0 Å². The summed E-state index contributed by atoms with van der Waals surface area (Å²) in [5.74, 6) is 0.812. The molecule has 0 spiro atoms. The first-order valence-corrected chi connectivity index (χ1v) is 7.23. The van der Waals surface area contributed by atoms with Gasteiger partial charge in [0, 0.05) is 43.1 Å². The molecule has 5 nitrogen and oxygen atoms in total. The number of aryl methyl sites for hydroxylation is 2. The quantitative estimate of drug-likeness (QED) is 0.901. The minimum absolute atomic E-state index is 0.183. The molecule has 1 aliphatic rings. The molecular weight excluding hydrogens is 250 g/mol. The van der Waals surface area contributed by atoms with Crippen LogP contribution in [0.2, 0.25) is 0 Å². The van der Waals surface area contributed by atoms with Crippen molar-refractivity contribution in [3.05, 3.63) is 29.3 Å². The van der Waals surface area contributed by atoms with Crippen molar-refractivity contribution < 1.29 is 0 Å². The molecular formula is C15H23N5. The number of nitrogens with zero attached hydrogens (tertiary/aromatic N) is 4. The van der Waals surface area contributed by atoms with Gasteiger partial charge in [-0.3, -0.25) is 9.30 Å². The largest absolute Gasteiger partial charge is 0.309 e. The molecule has 0 bridgehead atoms. The second-order valence-corrected chi connectivity index (χ2v) is 6.45. The maximum atomic E-state index is 4.50. The lowest BCUT2D eigenvalue weighted by molar-refractivity contribution is 0.146. The molecule has 0 radical (unpaired) electrons. The van der Waals surface area contributed by atoms with Crippen molar-refractivity contribution in [2.75, 3.05) is 19.6 Å². The van der Waals surface area contributed by atoms with Gasteiger partial charge in [0.25, 0.3) is 0 Å². The summed E-state index contributed by atoms with van der Waals surface area (Å²) in [6.45, 7) is 12.7. The molecule has 2 aromatic heterocycles. The van der Waals surface area contributed by atoms with Crippen LogP contribution in [0, 0.1) is 13.8 Å². The van der Waals surface area contributed by atoms with E-state index in [4.69, 9.17) is 0 Å². The zero-order valence-electron chi connectivity index (χ0n) is 12.8. The zero-order chi connectivity index (χ0) is 14.3. The average molecular weight is 273 g/mol. The molecule has 1 saturated heterocycles. The van der Waals surface area contributed by atoms with Crippen molar-refractivity contribution in [1.29, 1.82) is 0 Å². The Kier molecular flexibility index (Phi) is 3.26. The average Bonchev–Trinajstić information content (AvgIpc) is 2.70. The van der Waals surface area contributed by atoms with Crippen LogP contribution in [0.15, 0.2) is 12.3 Å². The maximum Gasteiger partial charge on any atom is 0.234 e. The van der Waals surface area contributed by atoms with Gasteiger partial charge in [0.1, 0.15) is 0 Å². The normalized spacial score (nSPS) is 19.6. The molecule has 0 unspecified atom stereocenters. The van der Waals surface area contributed by atoms with Crippen molar-refractivity contribution >= 4 is 5.78 Å². The molecule has 1 aliphatic heterocycles. The van der Waals surface area contributed by atoms with E-state index in [1.807, 2.05) is 13.1 Å². The summed E-state index contributed by atoms with van der Waals surface area (Å²) in [6, 6.07) is 2.11. The Morgan fingerprint density at radius 3 is 2.90 bits per heavy atom. The minimum Gasteiger partial charge on any atom is -0.309 e. The number of nitrogens with one attached hydrogen (secondary N) is 1. The van der Waals surface area contributed by atoms with Crippen molar-refractivity contribution in [2.24, 2.45) is 0 Å². The van der Waals surface area contributed by atoms with Gasteiger partial charge in [0.05, 0.1) is 11.9 Å². The number of hydrogen-bond donors (Lipinski definition) is 1. The third kappa shape index (κ3) is 2.55. The summed E-state index contributed by atoms with van der Waals surface area (Å²) in [6.07, 6.45) is 1.96. The summed E-state index contributed by atoms with van der Waals surface area (Å²) in [5, 5.41) is 3.55. The SMILES string of the molecule is Cc1cc(C)n2c(CN3CCNC(C)(C)C3)cnc2n1. The van der Waals surface area contributed by atoms with Crippen molar-refractivity contribution in [3.63, 3.8) is 0 Å².